The van der Waals surface area contributed by atoms with Gasteiger partial charge in [0.15, 0.2) is 5.82 Å². The summed E-state index contributed by atoms with van der Waals surface area (Å²) in [4.78, 5) is 9.30. The first-order valence-electron chi connectivity index (χ1n) is 6.49. The van der Waals surface area contributed by atoms with E-state index < -0.39 is 0 Å². The number of aromatic nitrogens is 4. The molecule has 0 spiro atoms. The maximum absolute atomic E-state index is 4.71. The molecule has 6 heteroatoms. The molecule has 0 aromatic carbocycles. The molecule has 2 aromatic rings. The lowest BCUT2D eigenvalue weighted by atomic mass is 10.2. The zero-order valence-corrected chi connectivity index (χ0v) is 12.6. The Morgan fingerprint density at radius 2 is 2.21 bits per heavy atom. The third kappa shape index (κ3) is 2.49. The highest BCUT2D eigenvalue weighted by atomic mass is 79.9. The van der Waals surface area contributed by atoms with Crippen LogP contribution < -0.4 is 5.32 Å². The van der Waals surface area contributed by atoms with Crippen LogP contribution in [0.4, 0.5) is 5.82 Å². The molecule has 0 amide bonds. The van der Waals surface area contributed by atoms with Gasteiger partial charge in [-0.3, -0.25) is 4.68 Å². The van der Waals surface area contributed by atoms with E-state index in [2.05, 4.69) is 38.3 Å². The Bertz CT molecular complexity index is 603. The van der Waals surface area contributed by atoms with Gasteiger partial charge in [-0.15, -0.1) is 0 Å². The molecule has 0 saturated heterocycles. The van der Waals surface area contributed by atoms with Gasteiger partial charge in [-0.05, 0) is 35.7 Å². The Hall–Kier alpha value is -1.43. The fourth-order valence-electron chi connectivity index (χ4n) is 2.04. The van der Waals surface area contributed by atoms with Gasteiger partial charge >= 0.3 is 0 Å². The minimum absolute atomic E-state index is 0.574. The van der Waals surface area contributed by atoms with Crippen molar-refractivity contribution >= 4 is 21.7 Å². The number of anilines is 1. The average molecular weight is 322 g/mol. The van der Waals surface area contributed by atoms with E-state index in [0.29, 0.717) is 5.92 Å². The zero-order chi connectivity index (χ0) is 13.4. The molecule has 1 aliphatic rings. The van der Waals surface area contributed by atoms with Gasteiger partial charge in [0, 0.05) is 25.7 Å². The van der Waals surface area contributed by atoms with Gasteiger partial charge in [0.25, 0.3) is 0 Å². The highest BCUT2D eigenvalue weighted by molar-refractivity contribution is 9.10. The van der Waals surface area contributed by atoms with E-state index in [0.717, 1.165) is 33.9 Å². The SMILES string of the molecule is CCNc1nc(-c2cnn(C)c2)nc(C2CC2)c1Br. The van der Waals surface area contributed by atoms with Gasteiger partial charge in [-0.1, -0.05) is 0 Å². The maximum Gasteiger partial charge on any atom is 0.165 e. The van der Waals surface area contributed by atoms with Crippen LogP contribution in [0, 0.1) is 0 Å². The molecule has 5 nitrogen and oxygen atoms in total. The Labute approximate surface area is 120 Å². The van der Waals surface area contributed by atoms with E-state index in [1.165, 1.54) is 12.8 Å². The van der Waals surface area contributed by atoms with E-state index in [9.17, 15) is 0 Å². The fourth-order valence-corrected chi connectivity index (χ4v) is 2.68. The molecule has 0 bridgehead atoms. The quantitative estimate of drug-likeness (QED) is 0.940. The number of nitrogens with one attached hydrogen (secondary N) is 1. The molecule has 2 aromatic heterocycles. The maximum atomic E-state index is 4.71. The molecule has 3 rings (SSSR count). The lowest BCUT2D eigenvalue weighted by Gasteiger charge is -2.11. The van der Waals surface area contributed by atoms with Crippen LogP contribution in [0.3, 0.4) is 0 Å². The van der Waals surface area contributed by atoms with Crippen molar-refractivity contribution in [3.63, 3.8) is 0 Å². The first-order valence-corrected chi connectivity index (χ1v) is 7.28. The summed E-state index contributed by atoms with van der Waals surface area (Å²) in [5, 5.41) is 7.48. The van der Waals surface area contributed by atoms with Gasteiger partial charge < -0.3 is 5.32 Å². The molecule has 0 unspecified atom stereocenters. The largest absolute Gasteiger partial charge is 0.369 e. The zero-order valence-electron chi connectivity index (χ0n) is 11.0. The third-order valence-electron chi connectivity index (χ3n) is 3.15. The van der Waals surface area contributed by atoms with E-state index in [4.69, 9.17) is 4.98 Å². The normalized spacial score (nSPS) is 14.7. The first-order chi connectivity index (χ1) is 9.19. The smallest absolute Gasteiger partial charge is 0.165 e. The van der Waals surface area contributed by atoms with E-state index in [1.807, 2.05) is 13.2 Å². The van der Waals surface area contributed by atoms with Crippen LogP contribution in [0.15, 0.2) is 16.9 Å². The molecular formula is C13H16BrN5. The number of hydrogen-bond donors (Lipinski definition) is 1. The van der Waals surface area contributed by atoms with Gasteiger partial charge in [-0.2, -0.15) is 5.10 Å². The minimum Gasteiger partial charge on any atom is -0.369 e. The lowest BCUT2D eigenvalue weighted by Crippen LogP contribution is -2.05. The number of aryl methyl sites for hydroxylation is 1. The van der Waals surface area contributed by atoms with Crippen molar-refractivity contribution in [1.29, 1.82) is 0 Å². The monoisotopic (exact) mass is 321 g/mol. The Morgan fingerprint density at radius 1 is 1.42 bits per heavy atom. The predicted molar refractivity (Wildman–Crippen MR) is 78.1 cm³/mol. The van der Waals surface area contributed by atoms with Gasteiger partial charge in [0.1, 0.15) is 5.82 Å². The molecule has 100 valence electrons. The Kier molecular flexibility index (Phi) is 3.26. The second-order valence-electron chi connectivity index (χ2n) is 4.80. The molecule has 0 radical (unpaired) electrons. The topological polar surface area (TPSA) is 55.6 Å². The van der Waals surface area contributed by atoms with Crippen molar-refractivity contribution in [3.8, 4) is 11.4 Å². The van der Waals surface area contributed by atoms with Crippen LogP contribution in [-0.2, 0) is 7.05 Å². The number of halogens is 1. The van der Waals surface area contributed by atoms with Gasteiger partial charge in [0.05, 0.1) is 21.9 Å². The van der Waals surface area contributed by atoms with Crippen molar-refractivity contribution in [3.05, 3.63) is 22.6 Å². The summed E-state index contributed by atoms with van der Waals surface area (Å²) in [6, 6.07) is 0. The van der Waals surface area contributed by atoms with Crippen LogP contribution in [0.2, 0.25) is 0 Å². The molecule has 1 N–H and O–H groups in total. The van der Waals surface area contributed by atoms with Crippen LogP contribution in [0.25, 0.3) is 11.4 Å². The summed E-state index contributed by atoms with van der Waals surface area (Å²) in [5.41, 5.74) is 2.07. The highest BCUT2D eigenvalue weighted by Crippen LogP contribution is 2.44. The Balaban J connectivity index is 2.08. The molecule has 0 atom stereocenters. The van der Waals surface area contributed by atoms with Gasteiger partial charge in [0.2, 0.25) is 0 Å². The highest BCUT2D eigenvalue weighted by Gasteiger charge is 2.29. The molecule has 1 saturated carbocycles. The van der Waals surface area contributed by atoms with E-state index >= 15 is 0 Å². The van der Waals surface area contributed by atoms with Crippen molar-refractivity contribution in [2.24, 2.45) is 7.05 Å². The lowest BCUT2D eigenvalue weighted by molar-refractivity contribution is 0.768. The predicted octanol–water partition coefficient (Wildman–Crippen LogP) is 2.95. The number of rotatable bonds is 4. The number of hydrogen-bond acceptors (Lipinski definition) is 4. The molecule has 19 heavy (non-hydrogen) atoms. The summed E-state index contributed by atoms with van der Waals surface area (Å²) in [6.07, 6.45) is 6.17. The van der Waals surface area contributed by atoms with Gasteiger partial charge in [-0.25, -0.2) is 9.97 Å². The molecular weight excluding hydrogens is 306 g/mol. The summed E-state index contributed by atoms with van der Waals surface area (Å²) in [7, 11) is 1.90. The van der Waals surface area contributed by atoms with Crippen LogP contribution in [0.5, 0.6) is 0 Å². The van der Waals surface area contributed by atoms with Crippen molar-refractivity contribution in [2.75, 3.05) is 11.9 Å². The van der Waals surface area contributed by atoms with Crippen LogP contribution in [-0.4, -0.2) is 26.3 Å². The summed E-state index contributed by atoms with van der Waals surface area (Å²) < 4.78 is 2.77. The molecule has 1 aliphatic carbocycles. The van der Waals surface area contributed by atoms with E-state index in [1.54, 1.807) is 10.9 Å². The third-order valence-corrected chi connectivity index (χ3v) is 3.93. The van der Waals surface area contributed by atoms with E-state index in [-0.39, 0.29) is 0 Å². The molecule has 0 aliphatic heterocycles. The van der Waals surface area contributed by atoms with Crippen molar-refractivity contribution in [2.45, 2.75) is 25.7 Å². The molecule has 2 heterocycles. The average Bonchev–Trinajstić information content (AvgIpc) is 3.14. The van der Waals surface area contributed by atoms with Crippen LogP contribution in [0.1, 0.15) is 31.4 Å². The summed E-state index contributed by atoms with van der Waals surface area (Å²) in [5.74, 6) is 2.19. The second-order valence-corrected chi connectivity index (χ2v) is 5.60. The van der Waals surface area contributed by atoms with Crippen LogP contribution >= 0.6 is 15.9 Å². The summed E-state index contributed by atoms with van der Waals surface area (Å²) in [6.45, 7) is 2.90. The van der Waals surface area contributed by atoms with Crippen molar-refractivity contribution in [1.82, 2.24) is 19.7 Å². The summed E-state index contributed by atoms with van der Waals surface area (Å²) >= 11 is 3.63. The van der Waals surface area contributed by atoms with Crippen molar-refractivity contribution < 1.29 is 0 Å². The first kappa shape index (κ1) is 12.6. The number of nitrogens with zero attached hydrogens (tertiary/aromatic N) is 4. The standard InChI is InChI=1S/C13H16BrN5/c1-3-15-13-10(14)11(8-4-5-8)17-12(18-13)9-6-16-19(2)7-9/h6-8H,3-5H2,1-2H3,(H,15,17,18). The second kappa shape index (κ2) is 4.92. The minimum atomic E-state index is 0.574. The fraction of sp³-hybridized carbons (Fsp3) is 0.462. The molecule has 1 fully saturated rings. The Morgan fingerprint density at radius 3 is 2.79 bits per heavy atom.